The van der Waals surface area contributed by atoms with Crippen LogP contribution in [0.2, 0.25) is 0 Å². The Kier molecular flexibility index (Phi) is 7.96. The summed E-state index contributed by atoms with van der Waals surface area (Å²) in [6.45, 7) is 9.64. The first-order chi connectivity index (χ1) is 19.3. The zero-order chi connectivity index (χ0) is 28.3. The number of nitrogens with one attached hydrogen (secondary N) is 2. The maximum absolute atomic E-state index is 13.2. The lowest BCUT2D eigenvalue weighted by atomic mass is 10.2. The Morgan fingerprint density at radius 2 is 1.80 bits per heavy atom. The number of allylic oxidation sites excluding steroid dienone is 1. The molecule has 4 aromatic rings. The number of nitrogens with zero attached hydrogens (tertiary/aromatic N) is 7. The topological polar surface area (TPSA) is 130 Å². The Morgan fingerprint density at radius 1 is 1.05 bits per heavy atom. The van der Waals surface area contributed by atoms with Gasteiger partial charge in [-0.15, -0.1) is 6.58 Å². The molecule has 0 spiro atoms. The van der Waals surface area contributed by atoms with E-state index in [4.69, 9.17) is 0 Å². The lowest BCUT2D eigenvalue weighted by molar-refractivity contribution is 0.313. The fourth-order valence-electron chi connectivity index (χ4n) is 4.53. The number of anilines is 3. The normalized spacial score (nSPS) is 14.5. The molecule has 0 amide bonds. The van der Waals surface area contributed by atoms with Gasteiger partial charge in [0.2, 0.25) is 16.0 Å². The summed E-state index contributed by atoms with van der Waals surface area (Å²) in [5.74, 6) is 0.721. The average molecular weight is 564 g/mol. The van der Waals surface area contributed by atoms with Crippen LogP contribution in [0, 0.1) is 0 Å². The van der Waals surface area contributed by atoms with Crippen LogP contribution in [0.25, 0.3) is 16.9 Å². The molecule has 4 heterocycles. The van der Waals surface area contributed by atoms with Crippen molar-refractivity contribution in [3.8, 4) is 5.82 Å². The molecule has 3 aromatic heterocycles. The van der Waals surface area contributed by atoms with Gasteiger partial charge in [0.25, 0.3) is 5.56 Å². The molecule has 12 nitrogen and oxygen atoms in total. The lowest BCUT2D eigenvalue weighted by Gasteiger charge is -2.34. The molecule has 0 bridgehead atoms. The Balaban J connectivity index is 1.46. The predicted octanol–water partition coefficient (Wildman–Crippen LogP) is 2.10. The molecule has 1 saturated heterocycles. The number of fused-ring (bicyclic) bond motifs is 1. The molecule has 0 radical (unpaired) electrons. The molecule has 1 aromatic carbocycles. The molecule has 0 saturated carbocycles. The lowest BCUT2D eigenvalue weighted by Crippen LogP contribution is -2.44. The third-order valence-electron chi connectivity index (χ3n) is 6.83. The number of aromatic nitrogens is 5. The van der Waals surface area contributed by atoms with Crippen LogP contribution in [0.5, 0.6) is 0 Å². The van der Waals surface area contributed by atoms with Crippen LogP contribution in [-0.4, -0.2) is 76.6 Å². The number of piperazine rings is 1. The molecule has 0 atom stereocenters. The number of benzene rings is 1. The second-order valence-electron chi connectivity index (χ2n) is 9.59. The van der Waals surface area contributed by atoms with Crippen LogP contribution in [0.1, 0.15) is 12.6 Å². The van der Waals surface area contributed by atoms with Gasteiger partial charge in [-0.2, -0.15) is 4.98 Å². The zero-order valence-corrected chi connectivity index (χ0v) is 23.4. The molecule has 210 valence electrons. The number of likely N-dealkylation sites (N-methyl/N-ethyl adjacent to an activating group) is 1. The predicted molar refractivity (Wildman–Crippen MR) is 157 cm³/mol. The summed E-state index contributed by atoms with van der Waals surface area (Å²) in [7, 11) is -1.25. The smallest absolute Gasteiger partial charge is 0.278 e. The number of rotatable bonds is 10. The first kappa shape index (κ1) is 27.5. The van der Waals surface area contributed by atoms with E-state index in [-0.39, 0.29) is 24.4 Å². The first-order valence-electron chi connectivity index (χ1n) is 13.1. The van der Waals surface area contributed by atoms with Gasteiger partial charge in [0.15, 0.2) is 11.5 Å². The summed E-state index contributed by atoms with van der Waals surface area (Å²) in [6.07, 6.45) is 3.12. The monoisotopic (exact) mass is 563 g/mol. The molecule has 0 aliphatic carbocycles. The van der Waals surface area contributed by atoms with Crippen LogP contribution in [-0.2, 0) is 23.1 Å². The Bertz CT molecular complexity index is 1670. The summed E-state index contributed by atoms with van der Waals surface area (Å²) in [5.41, 5.74) is 2.58. The second kappa shape index (κ2) is 11.6. The van der Waals surface area contributed by atoms with Gasteiger partial charge < -0.3 is 15.1 Å². The molecule has 0 unspecified atom stereocenters. The van der Waals surface area contributed by atoms with Gasteiger partial charge in [0.05, 0.1) is 24.5 Å². The Morgan fingerprint density at radius 3 is 2.50 bits per heavy atom. The van der Waals surface area contributed by atoms with Gasteiger partial charge in [-0.1, -0.05) is 12.1 Å². The second-order valence-corrected chi connectivity index (χ2v) is 11.7. The average Bonchev–Trinajstić information content (AvgIpc) is 3.23. The quantitative estimate of drug-likeness (QED) is 0.279. The van der Waals surface area contributed by atoms with Crippen LogP contribution < -0.4 is 20.5 Å². The van der Waals surface area contributed by atoms with Crippen LogP contribution in [0.4, 0.5) is 17.3 Å². The minimum Gasteiger partial charge on any atom is -0.369 e. The van der Waals surface area contributed by atoms with Gasteiger partial charge in [-0.25, -0.2) is 32.5 Å². The van der Waals surface area contributed by atoms with Crippen molar-refractivity contribution in [1.82, 2.24) is 33.9 Å². The highest BCUT2D eigenvalue weighted by atomic mass is 32.2. The molecular formula is C27H33N9O3S. The van der Waals surface area contributed by atoms with E-state index >= 15 is 0 Å². The molecule has 5 rings (SSSR count). The summed E-state index contributed by atoms with van der Waals surface area (Å²) in [6, 6.07) is 13.3. The minimum absolute atomic E-state index is 0.0286. The number of hydrogen-bond acceptors (Lipinski definition) is 9. The zero-order valence-electron chi connectivity index (χ0n) is 22.6. The van der Waals surface area contributed by atoms with Crippen molar-refractivity contribution in [2.75, 3.05) is 49.2 Å². The van der Waals surface area contributed by atoms with Crippen molar-refractivity contribution in [3.05, 3.63) is 77.4 Å². The van der Waals surface area contributed by atoms with Crippen LogP contribution >= 0.6 is 0 Å². The minimum atomic E-state index is -3.39. The summed E-state index contributed by atoms with van der Waals surface area (Å²) in [5, 5.41) is 3.57. The van der Waals surface area contributed by atoms with E-state index in [1.807, 2.05) is 12.1 Å². The van der Waals surface area contributed by atoms with Gasteiger partial charge >= 0.3 is 0 Å². The van der Waals surface area contributed by atoms with Crippen molar-refractivity contribution in [3.63, 3.8) is 0 Å². The molecule has 13 heteroatoms. The van der Waals surface area contributed by atoms with Crippen LogP contribution in [0.3, 0.4) is 0 Å². The SMILES string of the molecule is C=CCn1c(=O)c2cnc(Nc3ccc(N4CCN(C)CC4)cc3)nc2n1-c1cccc(CNS(=O)(=O)CC)n1. The molecule has 1 aliphatic rings. The van der Waals surface area contributed by atoms with Crippen molar-refractivity contribution < 1.29 is 8.42 Å². The van der Waals surface area contributed by atoms with Gasteiger partial charge in [0.1, 0.15) is 5.39 Å². The van der Waals surface area contributed by atoms with E-state index in [1.54, 1.807) is 35.9 Å². The van der Waals surface area contributed by atoms with E-state index in [0.717, 1.165) is 37.6 Å². The standard InChI is InChI=1S/C27H33N9O3S/c1-4-13-35-26(37)23-19-28-27(31-20-9-11-22(12-10-20)34-16-14-33(3)15-17-34)32-25(23)36(35)24-8-6-7-21(30-24)18-29-40(38,39)5-2/h4,6-12,19,29H,1,5,13-18H2,2-3H3,(H,28,31,32). The van der Waals surface area contributed by atoms with E-state index in [1.165, 1.54) is 10.9 Å². The highest BCUT2D eigenvalue weighted by Crippen LogP contribution is 2.22. The fraction of sp³-hybridized carbons (Fsp3) is 0.333. The molecule has 1 aliphatic heterocycles. The molecule has 40 heavy (non-hydrogen) atoms. The Labute approximate surface area is 233 Å². The number of pyridine rings is 1. The van der Waals surface area contributed by atoms with Gasteiger partial charge in [-0.3, -0.25) is 4.79 Å². The summed E-state index contributed by atoms with van der Waals surface area (Å²) in [4.78, 5) is 31.6. The van der Waals surface area contributed by atoms with E-state index in [2.05, 4.69) is 60.5 Å². The van der Waals surface area contributed by atoms with Crippen LogP contribution in [0.15, 0.2) is 66.1 Å². The van der Waals surface area contributed by atoms with Crippen molar-refractivity contribution in [2.45, 2.75) is 20.0 Å². The van der Waals surface area contributed by atoms with Gasteiger partial charge in [-0.05, 0) is 50.4 Å². The maximum Gasteiger partial charge on any atom is 0.278 e. The van der Waals surface area contributed by atoms with E-state index in [0.29, 0.717) is 28.5 Å². The summed E-state index contributed by atoms with van der Waals surface area (Å²) >= 11 is 0. The van der Waals surface area contributed by atoms with E-state index in [9.17, 15) is 13.2 Å². The van der Waals surface area contributed by atoms with Crippen molar-refractivity contribution in [1.29, 1.82) is 0 Å². The molecule has 2 N–H and O–H groups in total. The first-order valence-corrected chi connectivity index (χ1v) is 14.8. The van der Waals surface area contributed by atoms with Crippen molar-refractivity contribution >= 4 is 38.4 Å². The maximum atomic E-state index is 13.2. The third kappa shape index (κ3) is 5.91. The largest absolute Gasteiger partial charge is 0.369 e. The number of sulfonamides is 1. The fourth-order valence-corrected chi connectivity index (χ4v) is 5.10. The highest BCUT2D eigenvalue weighted by Gasteiger charge is 2.19. The van der Waals surface area contributed by atoms with Gasteiger partial charge in [0, 0.05) is 43.8 Å². The molecular weight excluding hydrogens is 530 g/mol. The Hall–Kier alpha value is -4.07. The number of hydrogen-bond donors (Lipinski definition) is 2. The third-order valence-corrected chi connectivity index (χ3v) is 8.18. The highest BCUT2D eigenvalue weighted by molar-refractivity contribution is 7.89. The molecule has 1 fully saturated rings. The summed E-state index contributed by atoms with van der Waals surface area (Å²) < 4.78 is 29.4. The van der Waals surface area contributed by atoms with Crippen molar-refractivity contribution in [2.24, 2.45) is 0 Å². The van der Waals surface area contributed by atoms with E-state index < -0.39 is 10.0 Å².